The highest BCUT2D eigenvalue weighted by atomic mass is 19.1. The van der Waals surface area contributed by atoms with E-state index in [9.17, 15) is 9.18 Å². The fraction of sp³-hybridized carbons (Fsp3) is 0.0667. The molecule has 0 atom stereocenters. The average molecular weight is 269 g/mol. The van der Waals surface area contributed by atoms with E-state index in [0.717, 1.165) is 0 Å². The van der Waals surface area contributed by atoms with Crippen LogP contribution in [0.2, 0.25) is 0 Å². The smallest absolute Gasteiger partial charge is 0.243 e. The molecular formula is C15H12FN3O. The zero-order chi connectivity index (χ0) is 14.4. The summed E-state index contributed by atoms with van der Waals surface area (Å²) in [5.74, 6) is -0.572. The Kier molecular flexibility index (Phi) is 4.30. The fourth-order valence-electron chi connectivity index (χ4n) is 1.62. The first-order valence-corrected chi connectivity index (χ1v) is 5.97. The number of halogens is 1. The van der Waals surface area contributed by atoms with Gasteiger partial charge in [-0.2, -0.15) is 5.26 Å². The van der Waals surface area contributed by atoms with Crippen molar-refractivity contribution in [1.29, 1.82) is 5.26 Å². The number of hydrogen-bond donors (Lipinski definition) is 2. The van der Waals surface area contributed by atoms with Gasteiger partial charge in [-0.05, 0) is 42.5 Å². The summed E-state index contributed by atoms with van der Waals surface area (Å²) in [7, 11) is 0. The van der Waals surface area contributed by atoms with Gasteiger partial charge in [0.05, 0.1) is 18.2 Å². The molecule has 0 heterocycles. The summed E-state index contributed by atoms with van der Waals surface area (Å²) in [6.07, 6.45) is 0. The highest BCUT2D eigenvalue weighted by Gasteiger charge is 2.03. The SMILES string of the molecule is N#Cc1cccc(NC(=O)CNc2ccc(F)cc2)c1. The minimum absolute atomic E-state index is 0.0579. The van der Waals surface area contributed by atoms with Crippen LogP contribution in [0.5, 0.6) is 0 Å². The highest BCUT2D eigenvalue weighted by molar-refractivity contribution is 5.93. The molecule has 0 aromatic heterocycles. The molecule has 0 bridgehead atoms. The Balaban J connectivity index is 1.89. The van der Waals surface area contributed by atoms with Gasteiger partial charge < -0.3 is 10.6 Å². The molecule has 2 rings (SSSR count). The number of nitriles is 1. The first-order valence-electron chi connectivity index (χ1n) is 5.97. The maximum Gasteiger partial charge on any atom is 0.243 e. The van der Waals surface area contributed by atoms with Crippen molar-refractivity contribution in [3.8, 4) is 6.07 Å². The number of nitrogens with zero attached hydrogens (tertiary/aromatic N) is 1. The van der Waals surface area contributed by atoms with Gasteiger partial charge >= 0.3 is 0 Å². The lowest BCUT2D eigenvalue weighted by atomic mass is 10.2. The van der Waals surface area contributed by atoms with Crippen LogP contribution in [0.3, 0.4) is 0 Å². The van der Waals surface area contributed by atoms with Crippen LogP contribution in [0.25, 0.3) is 0 Å². The average Bonchev–Trinajstić information content (AvgIpc) is 2.47. The van der Waals surface area contributed by atoms with E-state index < -0.39 is 0 Å². The number of hydrogen-bond acceptors (Lipinski definition) is 3. The molecule has 4 nitrogen and oxygen atoms in total. The lowest BCUT2D eigenvalue weighted by Crippen LogP contribution is -2.21. The summed E-state index contributed by atoms with van der Waals surface area (Å²) >= 11 is 0. The maximum atomic E-state index is 12.7. The van der Waals surface area contributed by atoms with Gasteiger partial charge in [0, 0.05) is 11.4 Å². The van der Waals surface area contributed by atoms with Gasteiger partial charge in [0.2, 0.25) is 5.91 Å². The molecule has 0 unspecified atom stereocenters. The van der Waals surface area contributed by atoms with Crippen LogP contribution in [-0.2, 0) is 4.79 Å². The minimum Gasteiger partial charge on any atom is -0.376 e. The normalized spacial score (nSPS) is 9.60. The van der Waals surface area contributed by atoms with Gasteiger partial charge in [0.25, 0.3) is 0 Å². The molecule has 5 heteroatoms. The van der Waals surface area contributed by atoms with Crippen LogP contribution in [0.4, 0.5) is 15.8 Å². The van der Waals surface area contributed by atoms with Crippen molar-refractivity contribution < 1.29 is 9.18 Å². The third kappa shape index (κ3) is 3.82. The zero-order valence-electron chi connectivity index (χ0n) is 10.6. The highest BCUT2D eigenvalue weighted by Crippen LogP contribution is 2.10. The van der Waals surface area contributed by atoms with Gasteiger partial charge in [-0.1, -0.05) is 6.07 Å². The summed E-state index contributed by atoms with van der Waals surface area (Å²) in [5, 5.41) is 14.3. The molecule has 0 fully saturated rings. The Morgan fingerprint density at radius 2 is 1.90 bits per heavy atom. The number of carbonyl (C=O) groups is 1. The molecular weight excluding hydrogens is 257 g/mol. The molecule has 0 spiro atoms. The molecule has 0 saturated heterocycles. The molecule has 0 aliphatic rings. The van der Waals surface area contributed by atoms with Crippen LogP contribution < -0.4 is 10.6 Å². The molecule has 2 N–H and O–H groups in total. The molecule has 100 valence electrons. The van der Waals surface area contributed by atoms with E-state index in [4.69, 9.17) is 5.26 Å². The summed E-state index contributed by atoms with van der Waals surface area (Å²) in [6.45, 7) is 0.0579. The van der Waals surface area contributed by atoms with Crippen molar-refractivity contribution in [2.75, 3.05) is 17.2 Å². The fourth-order valence-corrected chi connectivity index (χ4v) is 1.62. The second-order valence-electron chi connectivity index (χ2n) is 4.10. The van der Waals surface area contributed by atoms with Crippen LogP contribution in [-0.4, -0.2) is 12.5 Å². The minimum atomic E-state index is -0.326. The zero-order valence-corrected chi connectivity index (χ0v) is 10.6. The van der Waals surface area contributed by atoms with Gasteiger partial charge in [0.15, 0.2) is 0 Å². The second-order valence-corrected chi connectivity index (χ2v) is 4.10. The van der Waals surface area contributed by atoms with Crippen molar-refractivity contribution in [3.63, 3.8) is 0 Å². The lowest BCUT2D eigenvalue weighted by Gasteiger charge is -2.08. The number of benzene rings is 2. The molecule has 1 amide bonds. The van der Waals surface area contributed by atoms with Gasteiger partial charge in [0.1, 0.15) is 5.82 Å². The van der Waals surface area contributed by atoms with E-state index in [1.54, 1.807) is 36.4 Å². The molecule has 0 saturated carbocycles. The van der Waals surface area contributed by atoms with Crippen molar-refractivity contribution in [2.24, 2.45) is 0 Å². The van der Waals surface area contributed by atoms with Gasteiger partial charge in [-0.15, -0.1) is 0 Å². The lowest BCUT2D eigenvalue weighted by molar-refractivity contribution is -0.114. The third-order valence-corrected chi connectivity index (χ3v) is 2.57. The first-order chi connectivity index (χ1) is 9.67. The van der Waals surface area contributed by atoms with Crippen molar-refractivity contribution >= 4 is 17.3 Å². The largest absolute Gasteiger partial charge is 0.376 e. The predicted molar refractivity (Wildman–Crippen MR) is 74.7 cm³/mol. The second kappa shape index (κ2) is 6.34. The standard InChI is InChI=1S/C15H12FN3O/c16-12-4-6-13(7-5-12)18-10-15(20)19-14-3-1-2-11(8-14)9-17/h1-8,18H,10H2,(H,19,20). The van der Waals surface area contributed by atoms with E-state index in [1.165, 1.54) is 12.1 Å². The van der Waals surface area contributed by atoms with E-state index in [-0.39, 0.29) is 18.3 Å². The summed E-state index contributed by atoms with van der Waals surface area (Å²) < 4.78 is 12.7. The van der Waals surface area contributed by atoms with Crippen molar-refractivity contribution in [1.82, 2.24) is 0 Å². The van der Waals surface area contributed by atoms with E-state index >= 15 is 0 Å². The van der Waals surface area contributed by atoms with Crippen LogP contribution in [0.15, 0.2) is 48.5 Å². The number of carbonyl (C=O) groups excluding carboxylic acids is 1. The molecule has 20 heavy (non-hydrogen) atoms. The number of nitrogens with one attached hydrogen (secondary N) is 2. The van der Waals surface area contributed by atoms with E-state index in [1.807, 2.05) is 6.07 Å². The van der Waals surface area contributed by atoms with Gasteiger partial charge in [-0.25, -0.2) is 4.39 Å². The Hall–Kier alpha value is -2.87. The topological polar surface area (TPSA) is 64.9 Å². The predicted octanol–water partition coefficient (Wildman–Crippen LogP) is 2.75. The van der Waals surface area contributed by atoms with E-state index in [0.29, 0.717) is 16.9 Å². The molecule has 0 aliphatic heterocycles. The summed E-state index contributed by atoms with van der Waals surface area (Å²) in [5.41, 5.74) is 1.71. The van der Waals surface area contributed by atoms with E-state index in [2.05, 4.69) is 10.6 Å². The third-order valence-electron chi connectivity index (χ3n) is 2.57. The summed E-state index contributed by atoms with van der Waals surface area (Å²) in [4.78, 5) is 11.7. The summed E-state index contributed by atoms with van der Waals surface area (Å²) in [6, 6.07) is 14.4. The number of anilines is 2. The molecule has 2 aromatic rings. The monoisotopic (exact) mass is 269 g/mol. The Labute approximate surface area is 115 Å². The van der Waals surface area contributed by atoms with Crippen LogP contribution >= 0.6 is 0 Å². The Morgan fingerprint density at radius 1 is 1.15 bits per heavy atom. The van der Waals surface area contributed by atoms with Crippen LogP contribution in [0.1, 0.15) is 5.56 Å². The molecule has 2 aromatic carbocycles. The Morgan fingerprint density at radius 3 is 2.60 bits per heavy atom. The number of rotatable bonds is 4. The molecule has 0 aliphatic carbocycles. The van der Waals surface area contributed by atoms with Crippen molar-refractivity contribution in [2.45, 2.75) is 0 Å². The van der Waals surface area contributed by atoms with Crippen molar-refractivity contribution in [3.05, 3.63) is 59.9 Å². The first kappa shape index (κ1) is 13.6. The number of amides is 1. The Bertz CT molecular complexity index is 647. The quantitative estimate of drug-likeness (QED) is 0.897. The maximum absolute atomic E-state index is 12.7. The van der Waals surface area contributed by atoms with Gasteiger partial charge in [-0.3, -0.25) is 4.79 Å². The van der Waals surface area contributed by atoms with Crippen LogP contribution in [0, 0.1) is 17.1 Å². The molecule has 0 radical (unpaired) electrons.